The van der Waals surface area contributed by atoms with Crippen molar-refractivity contribution < 1.29 is 4.39 Å². The summed E-state index contributed by atoms with van der Waals surface area (Å²) in [7, 11) is 0. The van der Waals surface area contributed by atoms with Gasteiger partial charge in [0.05, 0.1) is 11.9 Å². The Morgan fingerprint density at radius 2 is 2.06 bits per heavy atom. The molecule has 2 rings (SSSR count). The Balaban J connectivity index is 2.21. The molecule has 0 spiro atoms. The lowest BCUT2D eigenvalue weighted by atomic mass is 10.0. The summed E-state index contributed by atoms with van der Waals surface area (Å²) in [6.45, 7) is 1.98. The average Bonchev–Trinajstić information content (AvgIpc) is 2.75. The molecule has 1 heterocycles. The molecule has 0 saturated carbocycles. The van der Waals surface area contributed by atoms with E-state index < -0.39 is 0 Å². The maximum Gasteiger partial charge on any atom is 0.123 e. The van der Waals surface area contributed by atoms with Crippen LogP contribution in [0.4, 0.5) is 4.39 Å². The molecule has 0 fully saturated rings. The van der Waals surface area contributed by atoms with E-state index in [0.717, 1.165) is 29.7 Å². The third-order valence-electron chi connectivity index (χ3n) is 2.72. The third kappa shape index (κ3) is 2.91. The van der Waals surface area contributed by atoms with E-state index in [0.29, 0.717) is 0 Å². The molecule has 0 aliphatic rings. The number of benzene rings is 1. The minimum Gasteiger partial charge on any atom is -0.328 e. The maximum absolute atomic E-state index is 12.8. The first-order valence-electron chi connectivity index (χ1n) is 5.70. The van der Waals surface area contributed by atoms with E-state index in [-0.39, 0.29) is 11.9 Å². The Morgan fingerprint density at radius 1 is 1.35 bits per heavy atom. The highest BCUT2D eigenvalue weighted by Crippen LogP contribution is 2.22. The molecule has 90 valence electrons. The van der Waals surface area contributed by atoms with Gasteiger partial charge in [-0.2, -0.15) is 5.10 Å². The first-order chi connectivity index (χ1) is 8.16. The topological polar surface area (TPSA) is 54.7 Å². The molecule has 1 atom stereocenters. The fourth-order valence-corrected chi connectivity index (χ4v) is 1.75. The molecule has 4 heteroatoms. The number of hydrogen-bond acceptors (Lipinski definition) is 2. The van der Waals surface area contributed by atoms with Gasteiger partial charge < -0.3 is 5.73 Å². The molecule has 0 aliphatic carbocycles. The summed E-state index contributed by atoms with van der Waals surface area (Å²) in [6, 6.07) is 6.57. The van der Waals surface area contributed by atoms with E-state index in [4.69, 9.17) is 5.73 Å². The van der Waals surface area contributed by atoms with Gasteiger partial charge in [0.15, 0.2) is 0 Å². The van der Waals surface area contributed by atoms with E-state index >= 15 is 0 Å². The number of aromatic nitrogens is 2. The van der Waals surface area contributed by atoms with Crippen LogP contribution < -0.4 is 5.73 Å². The molecule has 1 aromatic heterocycles. The van der Waals surface area contributed by atoms with Crippen LogP contribution in [0.15, 0.2) is 30.5 Å². The van der Waals surface area contributed by atoms with Crippen molar-refractivity contribution in [3.05, 3.63) is 41.8 Å². The molecule has 0 bridgehead atoms. The normalized spacial score (nSPS) is 12.6. The Hall–Kier alpha value is -1.68. The second-order valence-corrected chi connectivity index (χ2v) is 4.29. The second-order valence-electron chi connectivity index (χ2n) is 4.29. The number of aromatic amines is 1. The lowest BCUT2D eigenvalue weighted by Gasteiger charge is -2.05. The first-order valence-corrected chi connectivity index (χ1v) is 5.70. The van der Waals surface area contributed by atoms with E-state index in [2.05, 4.69) is 10.2 Å². The average molecular weight is 233 g/mol. The van der Waals surface area contributed by atoms with Crippen molar-refractivity contribution in [1.29, 1.82) is 0 Å². The quantitative estimate of drug-likeness (QED) is 0.852. The number of aryl methyl sites for hydroxylation is 1. The van der Waals surface area contributed by atoms with Crippen molar-refractivity contribution in [3.8, 4) is 11.3 Å². The standard InChI is InChI=1S/C13H16FN3/c1-9(15)2-3-11-8-16-17-13(11)10-4-6-12(14)7-5-10/h4-9H,2-3,15H2,1H3,(H,16,17)/t9-/m1/s1. The molecule has 1 aromatic carbocycles. The summed E-state index contributed by atoms with van der Waals surface area (Å²) < 4.78 is 12.8. The highest BCUT2D eigenvalue weighted by molar-refractivity contribution is 5.62. The second kappa shape index (κ2) is 5.10. The van der Waals surface area contributed by atoms with Crippen LogP contribution in [0.1, 0.15) is 18.9 Å². The fraction of sp³-hybridized carbons (Fsp3) is 0.308. The molecule has 17 heavy (non-hydrogen) atoms. The van der Waals surface area contributed by atoms with Gasteiger partial charge in [-0.1, -0.05) is 0 Å². The molecule has 0 aliphatic heterocycles. The van der Waals surface area contributed by atoms with Gasteiger partial charge in [0.2, 0.25) is 0 Å². The van der Waals surface area contributed by atoms with Crippen molar-refractivity contribution in [1.82, 2.24) is 10.2 Å². The van der Waals surface area contributed by atoms with Crippen molar-refractivity contribution >= 4 is 0 Å². The minimum atomic E-state index is -0.231. The summed E-state index contributed by atoms with van der Waals surface area (Å²) in [5.41, 5.74) is 8.75. The largest absolute Gasteiger partial charge is 0.328 e. The number of hydrogen-bond donors (Lipinski definition) is 2. The van der Waals surface area contributed by atoms with Gasteiger partial charge in [0.25, 0.3) is 0 Å². The molecule has 0 radical (unpaired) electrons. The summed E-state index contributed by atoms with van der Waals surface area (Å²) in [4.78, 5) is 0. The first kappa shape index (κ1) is 11.8. The van der Waals surface area contributed by atoms with Crippen LogP contribution in [0.2, 0.25) is 0 Å². The van der Waals surface area contributed by atoms with Crippen LogP contribution >= 0.6 is 0 Å². The number of halogens is 1. The number of nitrogens with one attached hydrogen (secondary N) is 1. The molecule has 0 saturated heterocycles. The Bertz CT molecular complexity index is 474. The van der Waals surface area contributed by atoms with E-state index in [1.807, 2.05) is 6.92 Å². The van der Waals surface area contributed by atoms with Gasteiger partial charge in [0, 0.05) is 11.6 Å². The Morgan fingerprint density at radius 3 is 2.71 bits per heavy atom. The highest BCUT2D eigenvalue weighted by Gasteiger charge is 2.08. The number of rotatable bonds is 4. The number of H-pyrrole nitrogens is 1. The summed E-state index contributed by atoms with van der Waals surface area (Å²) in [5.74, 6) is -0.231. The Labute approximate surface area is 99.9 Å². The fourth-order valence-electron chi connectivity index (χ4n) is 1.75. The monoisotopic (exact) mass is 233 g/mol. The van der Waals surface area contributed by atoms with Gasteiger partial charge in [-0.05, 0) is 49.6 Å². The lowest BCUT2D eigenvalue weighted by molar-refractivity contribution is 0.628. The number of nitrogens with zero attached hydrogens (tertiary/aromatic N) is 1. The van der Waals surface area contributed by atoms with E-state index in [9.17, 15) is 4.39 Å². The molecular formula is C13H16FN3. The molecule has 3 nitrogen and oxygen atoms in total. The van der Waals surface area contributed by atoms with Crippen molar-refractivity contribution in [3.63, 3.8) is 0 Å². The van der Waals surface area contributed by atoms with Crippen molar-refractivity contribution in [2.75, 3.05) is 0 Å². The zero-order valence-electron chi connectivity index (χ0n) is 9.78. The highest BCUT2D eigenvalue weighted by atomic mass is 19.1. The summed E-state index contributed by atoms with van der Waals surface area (Å²) in [6.07, 6.45) is 3.59. The molecule has 0 amide bonds. The van der Waals surface area contributed by atoms with E-state index in [1.54, 1.807) is 18.3 Å². The summed E-state index contributed by atoms with van der Waals surface area (Å²) >= 11 is 0. The minimum absolute atomic E-state index is 0.172. The Kier molecular flexibility index (Phi) is 3.54. The van der Waals surface area contributed by atoms with Crippen LogP contribution in [0.5, 0.6) is 0 Å². The lowest BCUT2D eigenvalue weighted by Crippen LogP contribution is -2.15. The van der Waals surface area contributed by atoms with Gasteiger partial charge in [-0.3, -0.25) is 5.10 Å². The van der Waals surface area contributed by atoms with Gasteiger partial charge in [-0.15, -0.1) is 0 Å². The van der Waals surface area contributed by atoms with Gasteiger partial charge in [0.1, 0.15) is 5.82 Å². The van der Waals surface area contributed by atoms with Crippen LogP contribution in [-0.2, 0) is 6.42 Å². The van der Waals surface area contributed by atoms with E-state index in [1.165, 1.54) is 12.1 Å². The van der Waals surface area contributed by atoms with Crippen LogP contribution in [-0.4, -0.2) is 16.2 Å². The van der Waals surface area contributed by atoms with Crippen molar-refractivity contribution in [2.45, 2.75) is 25.8 Å². The van der Waals surface area contributed by atoms with Gasteiger partial charge in [-0.25, -0.2) is 4.39 Å². The zero-order chi connectivity index (χ0) is 12.3. The zero-order valence-corrected chi connectivity index (χ0v) is 9.78. The SMILES string of the molecule is C[C@@H](N)CCc1cn[nH]c1-c1ccc(F)cc1. The van der Waals surface area contributed by atoms with Crippen LogP contribution in [0.3, 0.4) is 0 Å². The molecule has 0 unspecified atom stereocenters. The third-order valence-corrected chi connectivity index (χ3v) is 2.72. The van der Waals surface area contributed by atoms with Crippen LogP contribution in [0, 0.1) is 5.82 Å². The number of nitrogens with two attached hydrogens (primary N) is 1. The molecule has 3 N–H and O–H groups in total. The van der Waals surface area contributed by atoms with Crippen molar-refractivity contribution in [2.24, 2.45) is 5.73 Å². The van der Waals surface area contributed by atoms with Crippen LogP contribution in [0.25, 0.3) is 11.3 Å². The summed E-state index contributed by atoms with van der Waals surface area (Å²) in [5, 5.41) is 6.99. The smallest absolute Gasteiger partial charge is 0.123 e. The predicted octanol–water partition coefficient (Wildman–Crippen LogP) is 2.50. The molecular weight excluding hydrogens is 217 g/mol. The maximum atomic E-state index is 12.8. The molecule has 2 aromatic rings. The predicted molar refractivity (Wildman–Crippen MR) is 66.0 cm³/mol. The van der Waals surface area contributed by atoms with Gasteiger partial charge >= 0.3 is 0 Å².